The molecule has 0 radical (unpaired) electrons. The zero-order valence-electron chi connectivity index (χ0n) is 26.9. The highest BCUT2D eigenvalue weighted by molar-refractivity contribution is 6.30. The molecule has 2 aliphatic rings. The molecule has 1 saturated carbocycles. The molecule has 2 N–H and O–H groups in total. The number of amides is 1. The van der Waals surface area contributed by atoms with Crippen LogP contribution in [0.2, 0.25) is 5.02 Å². The molecule has 1 aliphatic heterocycles. The Hall–Kier alpha value is -4.65. The Bertz CT molecular complexity index is 1760. The van der Waals surface area contributed by atoms with Gasteiger partial charge in [0.05, 0.1) is 25.6 Å². The van der Waals surface area contributed by atoms with Gasteiger partial charge >= 0.3 is 12.3 Å². The van der Waals surface area contributed by atoms with Crippen LogP contribution in [-0.4, -0.2) is 55.4 Å². The van der Waals surface area contributed by atoms with Crippen molar-refractivity contribution in [1.82, 2.24) is 0 Å². The van der Waals surface area contributed by atoms with Crippen LogP contribution in [0.25, 0.3) is 0 Å². The van der Waals surface area contributed by atoms with Gasteiger partial charge in [-0.3, -0.25) is 4.79 Å². The smallest absolute Gasteiger partial charge is 0.497 e. The Labute approximate surface area is 280 Å². The SMILES string of the molecule is CCC(=NOC(C)(C)C(=O)O)c1cc(NC(C(=O)N2CC3(CC3)c3ccc(OC(F)(F)F)cc32)c2ccc(Cl)cc2OC)cc(OC)c1. The van der Waals surface area contributed by atoms with Crippen LogP contribution in [-0.2, 0) is 19.8 Å². The number of carbonyl (C=O) groups is 2. The summed E-state index contributed by atoms with van der Waals surface area (Å²) in [6.07, 6.45) is -2.97. The van der Waals surface area contributed by atoms with E-state index in [2.05, 4.69) is 15.2 Å². The minimum absolute atomic E-state index is 0.275. The molecule has 1 unspecified atom stereocenters. The first kappa shape index (κ1) is 34.7. The first-order valence-corrected chi connectivity index (χ1v) is 15.5. The predicted molar refractivity (Wildman–Crippen MR) is 173 cm³/mol. The number of rotatable bonds is 12. The number of hydrogen-bond donors (Lipinski definition) is 2. The van der Waals surface area contributed by atoms with Gasteiger partial charge in [-0.2, -0.15) is 0 Å². The van der Waals surface area contributed by atoms with Crippen LogP contribution in [0, 0.1) is 0 Å². The number of ether oxygens (including phenoxy) is 3. The maximum atomic E-state index is 14.7. The Kier molecular flexibility index (Phi) is 9.46. The normalized spacial score (nSPS) is 15.9. The van der Waals surface area contributed by atoms with E-state index >= 15 is 0 Å². The fourth-order valence-electron chi connectivity index (χ4n) is 5.64. The molecule has 0 saturated heterocycles. The lowest BCUT2D eigenvalue weighted by molar-refractivity contribution is -0.274. The second-order valence-corrected chi connectivity index (χ2v) is 12.6. The molecule has 1 amide bonds. The number of methoxy groups -OCH3 is 2. The maximum absolute atomic E-state index is 14.7. The van der Waals surface area contributed by atoms with Crippen LogP contribution < -0.4 is 24.4 Å². The number of carboxylic acid groups (broad SMARTS) is 1. The van der Waals surface area contributed by atoms with Gasteiger partial charge in [-0.1, -0.05) is 35.8 Å². The number of nitrogens with zero attached hydrogens (tertiary/aromatic N) is 2. The van der Waals surface area contributed by atoms with Crippen LogP contribution in [0.3, 0.4) is 0 Å². The average Bonchev–Trinajstić information content (AvgIpc) is 3.74. The van der Waals surface area contributed by atoms with Crippen LogP contribution in [0.15, 0.2) is 59.8 Å². The fourth-order valence-corrected chi connectivity index (χ4v) is 5.81. The van der Waals surface area contributed by atoms with E-state index in [4.69, 9.17) is 25.9 Å². The van der Waals surface area contributed by atoms with Gasteiger partial charge in [0.2, 0.25) is 5.60 Å². The largest absolute Gasteiger partial charge is 0.573 e. The summed E-state index contributed by atoms with van der Waals surface area (Å²) in [4.78, 5) is 33.1. The minimum atomic E-state index is -4.90. The molecule has 48 heavy (non-hydrogen) atoms. The van der Waals surface area contributed by atoms with E-state index in [1.165, 1.54) is 45.1 Å². The van der Waals surface area contributed by atoms with Gasteiger partial charge in [0.25, 0.3) is 5.91 Å². The number of hydrogen-bond acceptors (Lipinski definition) is 8. The molecular weight excluding hydrogens is 655 g/mol. The van der Waals surface area contributed by atoms with Gasteiger partial charge in [0, 0.05) is 45.9 Å². The van der Waals surface area contributed by atoms with Gasteiger partial charge < -0.3 is 34.4 Å². The van der Waals surface area contributed by atoms with Crippen molar-refractivity contribution in [3.05, 3.63) is 76.3 Å². The summed E-state index contributed by atoms with van der Waals surface area (Å²) in [5.41, 5.74) is 0.982. The number of alkyl halides is 3. The number of aliphatic carboxylic acids is 1. The summed E-state index contributed by atoms with van der Waals surface area (Å²) in [5, 5.41) is 17.2. The van der Waals surface area contributed by atoms with E-state index in [1.807, 2.05) is 6.92 Å². The van der Waals surface area contributed by atoms with Crippen molar-refractivity contribution in [2.45, 2.75) is 63.5 Å². The molecule has 256 valence electrons. The van der Waals surface area contributed by atoms with E-state index in [0.717, 1.165) is 18.4 Å². The van der Waals surface area contributed by atoms with Crippen LogP contribution in [0.5, 0.6) is 17.2 Å². The first-order valence-electron chi connectivity index (χ1n) is 15.1. The van der Waals surface area contributed by atoms with E-state index in [0.29, 0.717) is 51.2 Å². The van der Waals surface area contributed by atoms with Crippen molar-refractivity contribution >= 4 is 40.6 Å². The third kappa shape index (κ3) is 7.25. The van der Waals surface area contributed by atoms with E-state index in [1.54, 1.807) is 42.5 Å². The Morgan fingerprint density at radius 2 is 1.77 bits per heavy atom. The van der Waals surface area contributed by atoms with E-state index < -0.39 is 35.6 Å². The fraction of sp³-hybridized carbons (Fsp3) is 0.382. The predicted octanol–water partition coefficient (Wildman–Crippen LogP) is 7.48. The van der Waals surface area contributed by atoms with E-state index in [-0.39, 0.29) is 12.0 Å². The second kappa shape index (κ2) is 13.1. The van der Waals surface area contributed by atoms with Gasteiger partial charge in [-0.15, -0.1) is 13.2 Å². The molecule has 14 heteroatoms. The monoisotopic (exact) mass is 689 g/mol. The number of fused-ring (bicyclic) bond motifs is 2. The van der Waals surface area contributed by atoms with Crippen molar-refractivity contribution in [3.63, 3.8) is 0 Å². The molecule has 0 bridgehead atoms. The van der Waals surface area contributed by atoms with Gasteiger partial charge in [0.15, 0.2) is 0 Å². The number of halogens is 4. The van der Waals surface area contributed by atoms with Crippen molar-refractivity contribution in [2.24, 2.45) is 5.16 Å². The molecular formula is C34H35ClF3N3O7. The van der Waals surface area contributed by atoms with Crippen molar-refractivity contribution in [2.75, 3.05) is 31.0 Å². The summed E-state index contributed by atoms with van der Waals surface area (Å²) in [5.74, 6) is -1.36. The Balaban J connectivity index is 1.58. The van der Waals surface area contributed by atoms with Crippen LogP contribution in [0.4, 0.5) is 24.5 Å². The molecule has 1 heterocycles. The molecule has 1 spiro atoms. The maximum Gasteiger partial charge on any atom is 0.573 e. The number of nitrogens with one attached hydrogen (secondary N) is 1. The van der Waals surface area contributed by atoms with Crippen LogP contribution in [0.1, 0.15) is 62.8 Å². The number of benzene rings is 3. The van der Waals surface area contributed by atoms with Gasteiger partial charge in [0.1, 0.15) is 23.3 Å². The van der Waals surface area contributed by atoms with Crippen LogP contribution >= 0.6 is 11.6 Å². The molecule has 3 aromatic carbocycles. The standard InChI is InChI=1S/C34H35ClF3N3O7/c1-6-26(40-48-32(2,3)31(43)44)19-13-21(16-23(14-19)45-4)39-29(24-9-7-20(35)15-28(24)46-5)30(42)41-18-33(11-12-33)25-10-8-22(17-27(25)41)47-34(36,37)38/h7-10,13-17,29,39H,6,11-12,18H2,1-5H3,(H,43,44). The quantitative estimate of drug-likeness (QED) is 0.148. The lowest BCUT2D eigenvalue weighted by Gasteiger charge is -2.28. The molecule has 5 rings (SSSR count). The molecule has 1 atom stereocenters. The Morgan fingerprint density at radius 1 is 1.04 bits per heavy atom. The van der Waals surface area contributed by atoms with Gasteiger partial charge in [-0.25, -0.2) is 4.79 Å². The molecule has 0 aromatic heterocycles. The highest BCUT2D eigenvalue weighted by Crippen LogP contribution is 2.57. The Morgan fingerprint density at radius 3 is 2.38 bits per heavy atom. The molecule has 10 nitrogen and oxygen atoms in total. The van der Waals surface area contributed by atoms with Crippen molar-refractivity contribution in [3.8, 4) is 17.2 Å². The number of carbonyl (C=O) groups excluding carboxylic acids is 1. The zero-order chi connectivity index (χ0) is 35.0. The van der Waals surface area contributed by atoms with Gasteiger partial charge in [-0.05, 0) is 69.0 Å². The topological polar surface area (TPSA) is 119 Å². The zero-order valence-corrected chi connectivity index (χ0v) is 27.7. The third-order valence-electron chi connectivity index (χ3n) is 8.42. The lowest BCUT2D eigenvalue weighted by Crippen LogP contribution is -2.38. The molecule has 1 fully saturated rings. The summed E-state index contributed by atoms with van der Waals surface area (Å²) >= 11 is 6.26. The number of anilines is 2. The first-order chi connectivity index (χ1) is 22.6. The lowest BCUT2D eigenvalue weighted by atomic mass is 9.99. The van der Waals surface area contributed by atoms with Crippen molar-refractivity contribution < 1.29 is 46.9 Å². The second-order valence-electron chi connectivity index (χ2n) is 12.1. The minimum Gasteiger partial charge on any atom is -0.497 e. The summed E-state index contributed by atoms with van der Waals surface area (Å²) < 4.78 is 54.8. The van der Waals surface area contributed by atoms with E-state index in [9.17, 15) is 27.9 Å². The number of carboxylic acids is 1. The highest BCUT2D eigenvalue weighted by atomic mass is 35.5. The van der Waals surface area contributed by atoms with Crippen molar-refractivity contribution in [1.29, 1.82) is 0 Å². The molecule has 1 aliphatic carbocycles. The summed E-state index contributed by atoms with van der Waals surface area (Å²) in [7, 11) is 2.91. The average molecular weight is 690 g/mol. The molecule has 3 aromatic rings. The number of oxime groups is 1. The summed E-state index contributed by atoms with van der Waals surface area (Å²) in [6, 6.07) is 12.9. The highest BCUT2D eigenvalue weighted by Gasteiger charge is 2.54. The third-order valence-corrected chi connectivity index (χ3v) is 8.65. The summed E-state index contributed by atoms with van der Waals surface area (Å²) in [6.45, 7) is 4.85.